The molecule has 0 aromatic heterocycles. The van der Waals surface area contributed by atoms with E-state index in [0.29, 0.717) is 0 Å². The zero-order chi connectivity index (χ0) is 15.3. The Kier molecular flexibility index (Phi) is 5.03. The highest BCUT2D eigenvalue weighted by Gasteiger charge is 2.83. The van der Waals surface area contributed by atoms with E-state index in [1.165, 1.54) is 0 Å². The molecule has 2 aliphatic rings. The van der Waals surface area contributed by atoms with Crippen LogP contribution in [-0.2, 0) is 14.3 Å². The number of carbonyl (C=O) groups is 1. The van der Waals surface area contributed by atoms with Crippen LogP contribution in [0.4, 0.5) is 0 Å². The first-order chi connectivity index (χ1) is 9.29. The van der Waals surface area contributed by atoms with E-state index in [2.05, 4.69) is 70.6 Å². The molecule has 2 rings (SSSR count). The minimum Gasteiger partial charge on any atom is -0.350 e. The van der Waals surface area contributed by atoms with Crippen LogP contribution in [-0.4, -0.2) is 34.4 Å². The van der Waals surface area contributed by atoms with Crippen molar-refractivity contribution in [1.29, 1.82) is 0 Å². The number of hydrogen-bond donors (Lipinski definition) is 0. The van der Waals surface area contributed by atoms with Crippen LogP contribution < -0.4 is 0 Å². The van der Waals surface area contributed by atoms with Crippen molar-refractivity contribution < 1.29 is 14.3 Å². The van der Waals surface area contributed by atoms with Crippen molar-refractivity contribution in [2.24, 2.45) is 5.92 Å². The maximum atomic E-state index is 13.0. The Hall–Kier alpha value is 1.25. The quantitative estimate of drug-likeness (QED) is 0.377. The number of unbranched alkanes of at least 4 members (excludes halogenated alkanes) is 1. The van der Waals surface area contributed by atoms with Gasteiger partial charge in [0.2, 0.25) is 5.79 Å². The van der Waals surface area contributed by atoms with E-state index in [4.69, 9.17) is 9.47 Å². The van der Waals surface area contributed by atoms with Crippen molar-refractivity contribution in [3.63, 3.8) is 0 Å². The molecule has 1 fully saturated rings. The molecule has 20 heavy (non-hydrogen) atoms. The summed E-state index contributed by atoms with van der Waals surface area (Å²) >= 11 is 14.5. The molecule has 0 heterocycles. The average Bonchev–Trinajstić information content (AvgIpc) is 2.67. The fourth-order valence-electron chi connectivity index (χ4n) is 3.32. The smallest absolute Gasteiger partial charge is 0.216 e. The summed E-state index contributed by atoms with van der Waals surface area (Å²) in [6.45, 7) is 2.11. The lowest BCUT2D eigenvalue weighted by atomic mass is 9.87. The second kappa shape index (κ2) is 5.71. The highest BCUT2D eigenvalue weighted by Crippen LogP contribution is 2.72. The van der Waals surface area contributed by atoms with E-state index in [1.807, 2.05) is 0 Å². The lowest BCUT2D eigenvalue weighted by Crippen LogP contribution is -2.57. The fourth-order valence-corrected chi connectivity index (χ4v) is 8.09. The van der Waals surface area contributed by atoms with Gasteiger partial charge in [-0.15, -0.1) is 0 Å². The molecule has 0 aromatic carbocycles. The van der Waals surface area contributed by atoms with Gasteiger partial charge in [-0.2, -0.15) is 0 Å². The molecule has 0 amide bonds. The fraction of sp³-hybridized carbons (Fsp3) is 0.769. The molecule has 3 atom stereocenters. The van der Waals surface area contributed by atoms with E-state index >= 15 is 0 Å². The molecule has 0 spiro atoms. The summed E-state index contributed by atoms with van der Waals surface area (Å²) in [5.41, 5.74) is 0. The topological polar surface area (TPSA) is 35.5 Å². The van der Waals surface area contributed by atoms with Crippen LogP contribution in [0.2, 0.25) is 0 Å². The summed E-state index contributed by atoms with van der Waals surface area (Å²) in [5, 5.41) is 0. The first kappa shape index (κ1) is 17.6. The number of ketones is 1. The Morgan fingerprint density at radius 3 is 2.10 bits per heavy atom. The molecule has 3 nitrogen and oxygen atoms in total. The van der Waals surface area contributed by atoms with Crippen molar-refractivity contribution in [3.05, 3.63) is 8.96 Å². The number of carbonyl (C=O) groups excluding carboxylic acids is 1. The Balaban J connectivity index is 2.64. The third-order valence-corrected chi connectivity index (χ3v) is 10.7. The maximum Gasteiger partial charge on any atom is 0.216 e. The van der Waals surface area contributed by atoms with Crippen LogP contribution >= 0.6 is 63.7 Å². The van der Waals surface area contributed by atoms with Crippen LogP contribution in [0.3, 0.4) is 0 Å². The lowest BCUT2D eigenvalue weighted by Gasteiger charge is -2.41. The normalized spacial score (nSPS) is 39.0. The first-order valence-electron chi connectivity index (χ1n) is 6.38. The van der Waals surface area contributed by atoms with Crippen LogP contribution in [0.15, 0.2) is 8.96 Å². The van der Waals surface area contributed by atoms with Gasteiger partial charge in [-0.3, -0.25) is 4.79 Å². The molecule has 0 aliphatic heterocycles. The largest absolute Gasteiger partial charge is 0.350 e. The van der Waals surface area contributed by atoms with Gasteiger partial charge in [0.05, 0.1) is 0 Å². The van der Waals surface area contributed by atoms with Crippen molar-refractivity contribution in [3.8, 4) is 0 Å². The predicted octanol–water partition coefficient (Wildman–Crippen LogP) is 4.65. The Labute approximate surface area is 152 Å². The molecular formula is C13H16Br4O3. The van der Waals surface area contributed by atoms with Gasteiger partial charge in [-0.05, 0) is 6.42 Å². The number of halogens is 4. The predicted molar refractivity (Wildman–Crippen MR) is 93.0 cm³/mol. The van der Waals surface area contributed by atoms with Gasteiger partial charge in [-0.25, -0.2) is 0 Å². The van der Waals surface area contributed by atoms with E-state index < -0.39 is 14.4 Å². The maximum absolute atomic E-state index is 13.0. The minimum atomic E-state index is -1.12. The summed E-state index contributed by atoms with van der Waals surface area (Å²) in [6.07, 6.45) is 2.81. The minimum absolute atomic E-state index is 0.0848. The summed E-state index contributed by atoms with van der Waals surface area (Å²) in [4.78, 5) is 13.0. The zero-order valence-corrected chi connectivity index (χ0v) is 17.8. The third kappa shape index (κ3) is 1.71. The molecular weight excluding hydrogens is 524 g/mol. The SMILES string of the molecule is CCCCC1C(=O)C2(Br)C(Br)=C(Br)C1(Br)C2(OC)OC. The number of Topliss-reactive ketones (excluding diaryl/α,β-unsaturated/α-hetero) is 1. The van der Waals surface area contributed by atoms with E-state index in [9.17, 15) is 4.79 Å². The monoisotopic (exact) mass is 536 g/mol. The Bertz CT molecular complexity index is 474. The summed E-state index contributed by atoms with van der Waals surface area (Å²) in [5.74, 6) is -1.24. The molecule has 0 aromatic rings. The van der Waals surface area contributed by atoms with Crippen LogP contribution in [0, 0.1) is 5.92 Å². The van der Waals surface area contributed by atoms with E-state index in [1.54, 1.807) is 14.2 Å². The molecule has 7 heteroatoms. The molecule has 2 bridgehead atoms. The second-order valence-corrected chi connectivity index (χ2v) is 9.11. The highest BCUT2D eigenvalue weighted by molar-refractivity contribution is 9.16. The zero-order valence-electron chi connectivity index (χ0n) is 11.4. The summed E-state index contributed by atoms with van der Waals surface area (Å²) in [6, 6.07) is 0. The highest BCUT2D eigenvalue weighted by atomic mass is 79.9. The second-order valence-electron chi connectivity index (χ2n) is 5.08. The van der Waals surface area contributed by atoms with Gasteiger partial charge in [0.15, 0.2) is 10.1 Å². The number of fused-ring (bicyclic) bond motifs is 2. The van der Waals surface area contributed by atoms with Crippen LogP contribution in [0.1, 0.15) is 26.2 Å². The van der Waals surface area contributed by atoms with Crippen LogP contribution in [0.25, 0.3) is 0 Å². The third-order valence-electron chi connectivity index (χ3n) is 4.30. The molecule has 114 valence electrons. The van der Waals surface area contributed by atoms with E-state index in [-0.39, 0.29) is 11.7 Å². The first-order valence-corrected chi connectivity index (χ1v) is 9.55. The molecule has 0 saturated heterocycles. The Morgan fingerprint density at radius 1 is 1.15 bits per heavy atom. The van der Waals surface area contributed by atoms with Crippen molar-refractivity contribution in [2.45, 2.75) is 40.6 Å². The number of ether oxygens (including phenoxy) is 2. The van der Waals surface area contributed by atoms with Gasteiger partial charge in [-0.1, -0.05) is 83.5 Å². The van der Waals surface area contributed by atoms with Gasteiger partial charge < -0.3 is 9.47 Å². The summed E-state index contributed by atoms with van der Waals surface area (Å²) in [7, 11) is 3.13. The lowest BCUT2D eigenvalue weighted by molar-refractivity contribution is -0.212. The number of hydrogen-bond acceptors (Lipinski definition) is 3. The molecule has 0 N–H and O–H groups in total. The van der Waals surface area contributed by atoms with Gasteiger partial charge in [0, 0.05) is 29.1 Å². The van der Waals surface area contributed by atoms with Crippen molar-refractivity contribution >= 4 is 69.5 Å². The van der Waals surface area contributed by atoms with Crippen molar-refractivity contribution in [1.82, 2.24) is 0 Å². The summed E-state index contributed by atoms with van der Waals surface area (Å²) < 4.78 is 11.3. The van der Waals surface area contributed by atoms with Gasteiger partial charge >= 0.3 is 0 Å². The van der Waals surface area contributed by atoms with Crippen molar-refractivity contribution in [2.75, 3.05) is 14.2 Å². The molecule has 0 radical (unpaired) electrons. The Morgan fingerprint density at radius 2 is 1.70 bits per heavy atom. The molecule has 1 saturated carbocycles. The van der Waals surface area contributed by atoms with E-state index in [0.717, 1.165) is 28.2 Å². The molecule has 2 aliphatic carbocycles. The van der Waals surface area contributed by atoms with Gasteiger partial charge in [0.1, 0.15) is 4.32 Å². The average molecular weight is 540 g/mol. The number of methoxy groups -OCH3 is 2. The number of rotatable bonds is 5. The number of alkyl halides is 2. The van der Waals surface area contributed by atoms with Crippen LogP contribution in [0.5, 0.6) is 0 Å². The van der Waals surface area contributed by atoms with Gasteiger partial charge in [0.25, 0.3) is 0 Å². The molecule has 3 unspecified atom stereocenters. The standard InChI is InChI=1S/C13H16Br4O3/c1-4-5-6-7-10(18)12(17)9(15)8(14)11(7,16)13(12,19-2)20-3/h7H,4-6H2,1-3H3.